The number of hydrogen-bond acceptors (Lipinski definition) is 8. The predicted molar refractivity (Wildman–Crippen MR) is 120 cm³/mol. The lowest BCUT2D eigenvalue weighted by atomic mass is 10.1. The largest absolute Gasteiger partial charge is 0.493 e. The molecule has 3 aromatic rings. The summed E-state index contributed by atoms with van der Waals surface area (Å²) in [6.45, 7) is 0. The number of thioether (sulfide) groups is 1. The van der Waals surface area contributed by atoms with Crippen LogP contribution in [-0.4, -0.2) is 58.2 Å². The number of methoxy groups -OCH3 is 3. The van der Waals surface area contributed by atoms with Gasteiger partial charge in [0.05, 0.1) is 38.7 Å². The van der Waals surface area contributed by atoms with E-state index >= 15 is 0 Å². The molecule has 1 atom stereocenters. The van der Waals surface area contributed by atoms with Crippen LogP contribution >= 0.6 is 23.4 Å². The average molecular weight is 475 g/mol. The first-order chi connectivity index (χ1) is 15.4. The normalized spacial score (nSPS) is 15.0. The molecule has 166 valence electrons. The van der Waals surface area contributed by atoms with E-state index in [1.165, 1.54) is 33.1 Å². The maximum Gasteiger partial charge on any atom is 0.304 e. The fourth-order valence-corrected chi connectivity index (χ4v) is 4.55. The summed E-state index contributed by atoms with van der Waals surface area (Å²) < 4.78 is 17.9. The van der Waals surface area contributed by atoms with Gasteiger partial charge in [-0.3, -0.25) is 4.79 Å². The molecule has 0 radical (unpaired) electrons. The van der Waals surface area contributed by atoms with Gasteiger partial charge in [0.1, 0.15) is 0 Å². The van der Waals surface area contributed by atoms with Crippen LogP contribution in [0.1, 0.15) is 12.0 Å². The molecule has 0 amide bonds. The zero-order valence-corrected chi connectivity index (χ0v) is 19.0. The molecule has 0 spiro atoms. The second-order valence-corrected chi connectivity index (χ2v) is 8.33. The zero-order valence-electron chi connectivity index (χ0n) is 17.4. The summed E-state index contributed by atoms with van der Waals surface area (Å²) in [7, 11) is 4.59. The predicted octanol–water partition coefficient (Wildman–Crippen LogP) is 3.83. The third-order valence-electron chi connectivity index (χ3n) is 4.80. The first kappa shape index (κ1) is 22.0. The minimum absolute atomic E-state index is 0.113. The first-order valence-corrected chi connectivity index (χ1v) is 10.7. The number of nitrogens with zero attached hydrogens (tertiary/aromatic N) is 4. The Labute approximate surface area is 193 Å². The summed E-state index contributed by atoms with van der Waals surface area (Å²) in [4.78, 5) is 11.5. The number of carbonyl (C=O) groups is 1. The van der Waals surface area contributed by atoms with Crippen molar-refractivity contribution in [3.8, 4) is 28.6 Å². The van der Waals surface area contributed by atoms with E-state index in [1.54, 1.807) is 28.9 Å². The number of hydrogen-bond donors (Lipinski definition) is 1. The highest BCUT2D eigenvalue weighted by Crippen LogP contribution is 2.42. The van der Waals surface area contributed by atoms with Crippen molar-refractivity contribution in [1.82, 2.24) is 14.9 Å². The molecule has 0 saturated heterocycles. The number of benzene rings is 2. The van der Waals surface area contributed by atoms with Gasteiger partial charge in [-0.1, -0.05) is 35.5 Å². The third-order valence-corrected chi connectivity index (χ3v) is 6.19. The van der Waals surface area contributed by atoms with Crippen molar-refractivity contribution >= 4 is 35.0 Å². The lowest BCUT2D eigenvalue weighted by Gasteiger charge is -2.22. The molecule has 32 heavy (non-hydrogen) atoms. The van der Waals surface area contributed by atoms with Gasteiger partial charge in [0.15, 0.2) is 17.3 Å². The Bertz CT molecular complexity index is 1170. The molecule has 0 fully saturated rings. The van der Waals surface area contributed by atoms with Crippen LogP contribution in [0.25, 0.3) is 11.4 Å². The second-order valence-electron chi connectivity index (χ2n) is 6.73. The van der Waals surface area contributed by atoms with Gasteiger partial charge < -0.3 is 19.3 Å². The molecule has 11 heteroatoms. The summed E-state index contributed by atoms with van der Waals surface area (Å²) in [5.74, 6) is 0.911. The summed E-state index contributed by atoms with van der Waals surface area (Å²) in [6, 6.07) is 10.6. The zero-order chi connectivity index (χ0) is 22.8. The number of carboxylic acids is 1. The lowest BCUT2D eigenvalue weighted by Crippen LogP contribution is -2.27. The number of fused-ring (bicyclic) bond motifs is 1. The molecule has 0 saturated carbocycles. The van der Waals surface area contributed by atoms with E-state index < -0.39 is 11.2 Å². The Morgan fingerprint density at radius 1 is 1.06 bits per heavy atom. The molecule has 1 N–H and O–H groups in total. The standard InChI is InChI=1S/C21H19ClN4O5S/c1-29-14-8-12(9-15(30-2)19(14)31-3)20-23-24-21-26(20)25-18(16(32-21)10-17(27)28)11-4-6-13(22)7-5-11/h4-9,16H,10H2,1-3H3,(H,27,28). The maximum absolute atomic E-state index is 11.5. The molecule has 0 bridgehead atoms. The molecular weight excluding hydrogens is 456 g/mol. The van der Waals surface area contributed by atoms with Crippen molar-refractivity contribution in [3.63, 3.8) is 0 Å². The molecule has 1 aromatic heterocycles. The quantitative estimate of drug-likeness (QED) is 0.550. The highest BCUT2D eigenvalue weighted by Gasteiger charge is 2.31. The highest BCUT2D eigenvalue weighted by atomic mass is 35.5. The SMILES string of the molecule is COc1cc(-c2nnc3n2N=C(c2ccc(Cl)cc2)C(CC(=O)O)S3)cc(OC)c1OC. The molecule has 1 aliphatic heterocycles. The van der Waals surface area contributed by atoms with Gasteiger partial charge in [-0.15, -0.1) is 10.2 Å². The van der Waals surface area contributed by atoms with Crippen LogP contribution in [0, 0.1) is 0 Å². The van der Waals surface area contributed by atoms with Crippen LogP contribution in [0.4, 0.5) is 0 Å². The van der Waals surface area contributed by atoms with Crippen LogP contribution in [-0.2, 0) is 4.79 Å². The van der Waals surface area contributed by atoms with E-state index in [4.69, 9.17) is 30.9 Å². The molecule has 1 unspecified atom stereocenters. The number of rotatable bonds is 7. The van der Waals surface area contributed by atoms with Gasteiger partial charge in [-0.25, -0.2) is 0 Å². The van der Waals surface area contributed by atoms with Crippen molar-refractivity contribution in [2.24, 2.45) is 5.10 Å². The van der Waals surface area contributed by atoms with Crippen LogP contribution < -0.4 is 14.2 Å². The lowest BCUT2D eigenvalue weighted by molar-refractivity contribution is -0.136. The summed E-state index contributed by atoms with van der Waals surface area (Å²) >= 11 is 7.32. The summed E-state index contributed by atoms with van der Waals surface area (Å²) in [6.07, 6.45) is -0.113. The highest BCUT2D eigenvalue weighted by molar-refractivity contribution is 8.00. The molecule has 0 aliphatic carbocycles. The topological polar surface area (TPSA) is 108 Å². The Hall–Kier alpha value is -3.24. The van der Waals surface area contributed by atoms with Gasteiger partial charge >= 0.3 is 5.97 Å². The summed E-state index contributed by atoms with van der Waals surface area (Å²) in [5.41, 5.74) is 2.01. The Balaban J connectivity index is 1.85. The second kappa shape index (κ2) is 9.09. The molecular formula is C21H19ClN4O5S. The molecule has 1 aliphatic rings. The Kier molecular flexibility index (Phi) is 6.24. The van der Waals surface area contributed by atoms with Crippen LogP contribution in [0.5, 0.6) is 17.2 Å². The van der Waals surface area contributed by atoms with Crippen molar-refractivity contribution in [2.75, 3.05) is 21.3 Å². The fraction of sp³-hybridized carbons (Fsp3) is 0.238. The van der Waals surface area contributed by atoms with E-state index in [-0.39, 0.29) is 6.42 Å². The first-order valence-electron chi connectivity index (χ1n) is 9.44. The molecule has 4 rings (SSSR count). The molecule has 2 aromatic carbocycles. The van der Waals surface area contributed by atoms with E-state index in [9.17, 15) is 9.90 Å². The Morgan fingerprint density at radius 3 is 2.28 bits per heavy atom. The number of aromatic nitrogens is 3. The molecule has 9 nitrogen and oxygen atoms in total. The average Bonchev–Trinajstić information content (AvgIpc) is 3.20. The van der Waals surface area contributed by atoms with Gasteiger partial charge in [0.2, 0.25) is 10.9 Å². The van der Waals surface area contributed by atoms with Crippen molar-refractivity contribution in [1.29, 1.82) is 0 Å². The van der Waals surface area contributed by atoms with Gasteiger partial charge in [-0.05, 0) is 29.8 Å². The number of aliphatic carboxylic acids is 1. The van der Waals surface area contributed by atoms with E-state index in [2.05, 4.69) is 10.2 Å². The van der Waals surface area contributed by atoms with Crippen LogP contribution in [0.2, 0.25) is 5.02 Å². The smallest absolute Gasteiger partial charge is 0.304 e. The van der Waals surface area contributed by atoms with Crippen molar-refractivity contribution in [3.05, 3.63) is 47.0 Å². The van der Waals surface area contributed by atoms with Gasteiger partial charge in [0, 0.05) is 10.6 Å². The van der Waals surface area contributed by atoms with E-state index in [1.807, 2.05) is 12.1 Å². The monoisotopic (exact) mass is 474 g/mol. The maximum atomic E-state index is 11.5. The van der Waals surface area contributed by atoms with Crippen LogP contribution in [0.3, 0.4) is 0 Å². The van der Waals surface area contributed by atoms with Crippen molar-refractivity contribution < 1.29 is 24.1 Å². The third kappa shape index (κ3) is 4.11. The van der Waals surface area contributed by atoms with Gasteiger partial charge in [0.25, 0.3) is 0 Å². The molecule has 2 heterocycles. The Morgan fingerprint density at radius 2 is 1.72 bits per heavy atom. The summed E-state index contributed by atoms with van der Waals surface area (Å²) in [5, 5.41) is 23.3. The fourth-order valence-electron chi connectivity index (χ4n) is 3.34. The number of ether oxygens (including phenoxy) is 3. The van der Waals surface area contributed by atoms with E-state index in [0.29, 0.717) is 44.5 Å². The van der Waals surface area contributed by atoms with Crippen LogP contribution in [0.15, 0.2) is 46.7 Å². The van der Waals surface area contributed by atoms with Crippen molar-refractivity contribution in [2.45, 2.75) is 16.8 Å². The number of halogens is 1. The number of carboxylic acid groups (broad SMARTS) is 1. The van der Waals surface area contributed by atoms with Gasteiger partial charge in [-0.2, -0.15) is 9.78 Å². The van der Waals surface area contributed by atoms with E-state index in [0.717, 1.165) is 5.56 Å². The minimum Gasteiger partial charge on any atom is -0.493 e. The minimum atomic E-state index is -0.929.